The number of aliphatic hydroxyl groups is 4. The zero-order chi connectivity index (χ0) is 27.0. The van der Waals surface area contributed by atoms with E-state index in [1.165, 1.54) is 13.1 Å². The lowest BCUT2D eigenvalue weighted by Crippen LogP contribution is -2.57. The van der Waals surface area contributed by atoms with E-state index in [-0.39, 0.29) is 12.0 Å². The highest BCUT2D eigenvalue weighted by Gasteiger charge is 2.46. The van der Waals surface area contributed by atoms with E-state index in [1.54, 1.807) is 0 Å². The molecule has 36 heavy (non-hydrogen) atoms. The molecule has 0 aromatic carbocycles. The average molecular weight is 579 g/mol. The number of aromatic nitrogens is 2. The van der Waals surface area contributed by atoms with Gasteiger partial charge in [-0.15, -0.1) is 0 Å². The minimum absolute atomic E-state index is 0.170. The second kappa shape index (κ2) is 11.4. The molecule has 1 aromatic heterocycles. The first-order chi connectivity index (χ1) is 16.6. The van der Waals surface area contributed by atoms with Crippen molar-refractivity contribution in [2.24, 2.45) is 0 Å². The van der Waals surface area contributed by atoms with E-state index in [0.717, 1.165) is 4.57 Å². The highest BCUT2D eigenvalue weighted by Crippen LogP contribution is 2.59. The summed E-state index contributed by atoms with van der Waals surface area (Å²) in [7, 11) is -11.1. The Balaban J connectivity index is 1.59. The van der Waals surface area contributed by atoms with E-state index in [9.17, 15) is 48.9 Å². The highest BCUT2D eigenvalue weighted by atomic mass is 32.1. The minimum atomic E-state index is -5.73. The van der Waals surface area contributed by atoms with Crippen LogP contribution in [-0.2, 0) is 32.0 Å². The lowest BCUT2D eigenvalue weighted by Gasteiger charge is -2.41. The largest absolute Gasteiger partial charge is 0.756 e. The SMILES string of the molecule is Cc1cn(C2CC(O)C(COP(=O)(O)OP(=O)([O-])OC3OC(CO)C(S)C(O)C3O)O2)c(=O)[nH]c1=O. The lowest BCUT2D eigenvalue weighted by atomic mass is 10.0. The van der Waals surface area contributed by atoms with E-state index in [1.807, 2.05) is 0 Å². The molecule has 0 saturated carbocycles. The van der Waals surface area contributed by atoms with Gasteiger partial charge in [-0.2, -0.15) is 12.6 Å². The van der Waals surface area contributed by atoms with E-state index in [0.29, 0.717) is 0 Å². The molecule has 1 aromatic rings. The number of hydrogen-bond donors (Lipinski definition) is 7. The maximum atomic E-state index is 12.2. The normalized spacial score (nSPS) is 36.3. The summed E-state index contributed by atoms with van der Waals surface area (Å²) in [5.41, 5.74) is -1.26. The third kappa shape index (κ3) is 6.92. The van der Waals surface area contributed by atoms with E-state index in [4.69, 9.17) is 9.47 Å². The Hall–Kier alpha value is -0.950. The summed E-state index contributed by atoms with van der Waals surface area (Å²) in [5, 5.41) is 38.1. The van der Waals surface area contributed by atoms with Gasteiger partial charge in [-0.25, -0.2) is 13.7 Å². The number of rotatable bonds is 9. The van der Waals surface area contributed by atoms with Crippen molar-refractivity contribution in [1.82, 2.24) is 9.55 Å². The van der Waals surface area contributed by atoms with Gasteiger partial charge in [0.1, 0.15) is 18.4 Å². The predicted octanol–water partition coefficient (Wildman–Crippen LogP) is -3.15. The van der Waals surface area contributed by atoms with Gasteiger partial charge in [-0.3, -0.25) is 28.0 Å². The van der Waals surface area contributed by atoms with Gasteiger partial charge >= 0.3 is 13.5 Å². The molecule has 3 rings (SSSR count). The summed E-state index contributed by atoms with van der Waals surface area (Å²) < 4.78 is 48.7. The Bertz CT molecular complexity index is 1140. The van der Waals surface area contributed by atoms with Crippen LogP contribution in [0.4, 0.5) is 0 Å². The van der Waals surface area contributed by atoms with Gasteiger partial charge in [-0.05, 0) is 6.92 Å². The second-order valence-electron chi connectivity index (χ2n) is 8.01. The molecular weight excluding hydrogens is 554 g/mol. The fourth-order valence-corrected chi connectivity index (χ4v) is 5.91. The van der Waals surface area contributed by atoms with Crippen molar-refractivity contribution in [3.8, 4) is 0 Å². The van der Waals surface area contributed by atoms with Crippen molar-refractivity contribution in [2.45, 2.75) is 61.6 Å². The molecule has 6 N–H and O–H groups in total. The Kier molecular flexibility index (Phi) is 9.40. The van der Waals surface area contributed by atoms with Gasteiger partial charge in [0.25, 0.3) is 13.4 Å². The van der Waals surface area contributed by atoms with E-state index in [2.05, 4.69) is 31.0 Å². The molecule has 2 saturated heterocycles. The van der Waals surface area contributed by atoms with Crippen molar-refractivity contribution in [1.29, 1.82) is 0 Å². The van der Waals surface area contributed by atoms with Crippen LogP contribution in [0.5, 0.6) is 0 Å². The Morgan fingerprint density at radius 3 is 2.53 bits per heavy atom. The molecule has 2 aliphatic rings. The van der Waals surface area contributed by atoms with Crippen LogP contribution < -0.4 is 16.1 Å². The quantitative estimate of drug-likeness (QED) is 0.113. The van der Waals surface area contributed by atoms with Crippen LogP contribution in [0.15, 0.2) is 15.8 Å². The van der Waals surface area contributed by atoms with E-state index >= 15 is 0 Å². The van der Waals surface area contributed by atoms with Crippen LogP contribution in [-0.4, -0.2) is 90.1 Å². The van der Waals surface area contributed by atoms with Gasteiger partial charge < -0.3 is 39.7 Å². The van der Waals surface area contributed by atoms with Crippen LogP contribution in [0, 0.1) is 6.92 Å². The maximum Gasteiger partial charge on any atom is 0.478 e. The van der Waals surface area contributed by atoms with E-state index < -0.39 is 88.4 Å². The maximum absolute atomic E-state index is 12.2. The van der Waals surface area contributed by atoms with Crippen LogP contribution >= 0.6 is 28.3 Å². The number of phosphoric acid groups is 2. The molecule has 0 spiro atoms. The van der Waals surface area contributed by atoms with Crippen molar-refractivity contribution in [3.63, 3.8) is 0 Å². The Morgan fingerprint density at radius 1 is 1.22 bits per heavy atom. The Labute approximate surface area is 207 Å². The molecule has 2 aliphatic heterocycles. The summed E-state index contributed by atoms with van der Waals surface area (Å²) in [6.45, 7) is -0.154. The lowest BCUT2D eigenvalue weighted by molar-refractivity contribution is -0.279. The first-order valence-electron chi connectivity index (χ1n) is 10.3. The molecular formula is C16H25N2O15P2S-. The van der Waals surface area contributed by atoms with Gasteiger partial charge in [0.15, 0.2) is 6.29 Å². The number of nitrogens with zero attached hydrogens (tertiary/aromatic N) is 1. The standard InChI is InChI=1S/C16H26N2O15P2S/c1-6-3-18(16(24)17-14(6)23)10-2-7(20)9(30-10)5-29-34(25,26)33-35(27,28)32-15-12(22)11(21)13(36)8(4-19)31-15/h3,7-13,15,19-22,36H,2,4-5H2,1H3,(H,25,26)(H,27,28)(H,17,23,24)/p-1. The van der Waals surface area contributed by atoms with Gasteiger partial charge in [0.05, 0.1) is 36.8 Å². The van der Waals surface area contributed by atoms with Crippen molar-refractivity contribution >= 4 is 28.3 Å². The number of hydrogen-bond acceptors (Lipinski definition) is 15. The van der Waals surface area contributed by atoms with Gasteiger partial charge in [0, 0.05) is 18.2 Å². The summed E-state index contributed by atoms with van der Waals surface area (Å²) in [4.78, 5) is 47.5. The topological polar surface area (TPSA) is 259 Å². The number of aromatic amines is 1. The third-order valence-electron chi connectivity index (χ3n) is 5.35. The minimum Gasteiger partial charge on any atom is -0.756 e. The molecule has 20 heteroatoms. The number of ether oxygens (including phenoxy) is 2. The zero-order valence-electron chi connectivity index (χ0n) is 18.4. The summed E-state index contributed by atoms with van der Waals surface area (Å²) in [6.07, 6.45) is -9.68. The number of aryl methyl sites for hydroxylation is 1. The summed E-state index contributed by atoms with van der Waals surface area (Å²) in [5.74, 6) is 0. The molecule has 206 valence electrons. The first kappa shape index (κ1) is 29.6. The number of aliphatic hydroxyl groups excluding tert-OH is 4. The zero-order valence-corrected chi connectivity index (χ0v) is 21.1. The van der Waals surface area contributed by atoms with Crippen molar-refractivity contribution in [2.75, 3.05) is 13.2 Å². The summed E-state index contributed by atoms with van der Waals surface area (Å²) in [6, 6.07) is 0. The average Bonchev–Trinajstić information content (AvgIpc) is 3.14. The molecule has 0 radical (unpaired) electrons. The van der Waals surface area contributed by atoms with Crippen LogP contribution in [0.1, 0.15) is 18.2 Å². The van der Waals surface area contributed by atoms with Crippen LogP contribution in [0.25, 0.3) is 0 Å². The third-order valence-corrected chi connectivity index (χ3v) is 8.55. The van der Waals surface area contributed by atoms with Crippen molar-refractivity contribution < 1.29 is 62.2 Å². The molecule has 0 amide bonds. The molecule has 2 fully saturated rings. The van der Waals surface area contributed by atoms with Gasteiger partial charge in [-0.1, -0.05) is 0 Å². The van der Waals surface area contributed by atoms with Crippen molar-refractivity contribution in [3.05, 3.63) is 32.6 Å². The highest BCUT2D eigenvalue weighted by molar-refractivity contribution is 7.81. The Morgan fingerprint density at radius 2 is 1.89 bits per heavy atom. The number of nitrogens with one attached hydrogen (secondary N) is 1. The van der Waals surface area contributed by atoms with Crippen LogP contribution in [0.3, 0.4) is 0 Å². The van der Waals surface area contributed by atoms with Crippen LogP contribution in [0.2, 0.25) is 0 Å². The predicted molar refractivity (Wildman–Crippen MR) is 117 cm³/mol. The number of thiol groups is 1. The number of H-pyrrole nitrogens is 1. The molecule has 0 aliphatic carbocycles. The second-order valence-corrected chi connectivity index (χ2v) is 11.6. The molecule has 10 unspecified atom stereocenters. The fourth-order valence-electron chi connectivity index (χ4n) is 3.45. The fraction of sp³-hybridized carbons (Fsp3) is 0.750. The molecule has 0 bridgehead atoms. The van der Waals surface area contributed by atoms with Gasteiger partial charge in [0.2, 0.25) is 0 Å². The molecule has 17 nitrogen and oxygen atoms in total. The smallest absolute Gasteiger partial charge is 0.478 e. The summed E-state index contributed by atoms with van der Waals surface area (Å²) >= 11 is 3.93. The first-order valence-corrected chi connectivity index (χ1v) is 13.8. The number of phosphoric ester groups is 2. The molecule has 3 heterocycles. The monoisotopic (exact) mass is 579 g/mol. The molecule has 10 atom stereocenters.